The highest BCUT2D eigenvalue weighted by atomic mass is 19.2. The molecule has 0 saturated carbocycles. The predicted molar refractivity (Wildman–Crippen MR) is 52.6 cm³/mol. The number of ether oxygens (including phenoxy) is 1. The first kappa shape index (κ1) is 12.6. The minimum Gasteiger partial charge on any atom is -0.464 e. The molecule has 0 aliphatic heterocycles. The van der Waals surface area contributed by atoms with Crippen LogP contribution in [0.1, 0.15) is 19.4 Å². The summed E-state index contributed by atoms with van der Waals surface area (Å²) in [6.07, 6.45) is 0. The van der Waals surface area contributed by atoms with Crippen molar-refractivity contribution < 1.29 is 23.4 Å². The molecule has 16 heavy (non-hydrogen) atoms. The summed E-state index contributed by atoms with van der Waals surface area (Å²) in [6, 6.07) is 2.75. The van der Waals surface area contributed by atoms with Crippen LogP contribution < -0.4 is 0 Å². The Morgan fingerprint density at radius 2 is 2.06 bits per heavy atom. The number of hydrogen-bond acceptors (Lipinski definition) is 3. The number of carbonyl (C=O) groups is 1. The van der Waals surface area contributed by atoms with Crippen molar-refractivity contribution in [2.24, 2.45) is 0 Å². The number of esters is 1. The monoisotopic (exact) mass is 230 g/mol. The van der Waals surface area contributed by atoms with E-state index in [1.165, 1.54) is 0 Å². The lowest BCUT2D eigenvalue weighted by Gasteiger charge is -2.21. The van der Waals surface area contributed by atoms with Gasteiger partial charge in [-0.25, -0.2) is 13.6 Å². The van der Waals surface area contributed by atoms with E-state index in [1.807, 2.05) is 0 Å². The molecule has 0 aliphatic carbocycles. The first-order valence-corrected chi connectivity index (χ1v) is 4.74. The number of benzene rings is 1. The Balaban J connectivity index is 3.06. The minimum absolute atomic E-state index is 0.0511. The van der Waals surface area contributed by atoms with Crippen molar-refractivity contribution in [3.8, 4) is 0 Å². The predicted octanol–water partition coefficient (Wildman–Crippen LogP) is 1.74. The van der Waals surface area contributed by atoms with Gasteiger partial charge in [0.25, 0.3) is 0 Å². The average molecular weight is 230 g/mol. The topological polar surface area (TPSA) is 46.5 Å². The van der Waals surface area contributed by atoms with E-state index in [2.05, 4.69) is 4.74 Å². The van der Waals surface area contributed by atoms with Crippen molar-refractivity contribution in [3.63, 3.8) is 0 Å². The number of carbonyl (C=O) groups excluding carboxylic acids is 1. The van der Waals surface area contributed by atoms with Crippen LogP contribution >= 0.6 is 0 Å². The first-order valence-electron chi connectivity index (χ1n) is 4.74. The smallest absolute Gasteiger partial charge is 0.342 e. The van der Waals surface area contributed by atoms with E-state index in [0.717, 1.165) is 25.1 Å². The van der Waals surface area contributed by atoms with Gasteiger partial charge < -0.3 is 9.84 Å². The second-order valence-corrected chi connectivity index (χ2v) is 3.42. The van der Waals surface area contributed by atoms with E-state index in [-0.39, 0.29) is 12.2 Å². The standard InChI is InChI=1S/C11H12F2O3/c1-3-16-10(14)11(2,15)7-4-5-8(12)9(13)6-7/h4-6,15H,3H2,1-2H3/t11-/m1/s1. The molecule has 0 spiro atoms. The minimum atomic E-state index is -1.98. The lowest BCUT2D eigenvalue weighted by molar-refractivity contribution is -0.164. The van der Waals surface area contributed by atoms with Crippen LogP contribution in [0.2, 0.25) is 0 Å². The first-order chi connectivity index (χ1) is 7.39. The van der Waals surface area contributed by atoms with Gasteiger partial charge in [0.2, 0.25) is 0 Å². The molecule has 1 rings (SSSR count). The maximum atomic E-state index is 12.9. The van der Waals surface area contributed by atoms with Gasteiger partial charge in [-0.1, -0.05) is 6.07 Å². The maximum absolute atomic E-state index is 12.9. The van der Waals surface area contributed by atoms with Crippen molar-refractivity contribution >= 4 is 5.97 Å². The largest absolute Gasteiger partial charge is 0.464 e. The molecule has 0 bridgehead atoms. The molecule has 1 atom stereocenters. The summed E-state index contributed by atoms with van der Waals surface area (Å²) in [5, 5.41) is 9.84. The Hall–Kier alpha value is -1.49. The summed E-state index contributed by atoms with van der Waals surface area (Å²) in [5.74, 6) is -3.06. The Morgan fingerprint density at radius 1 is 1.44 bits per heavy atom. The van der Waals surface area contributed by atoms with Crippen LogP contribution in [0.3, 0.4) is 0 Å². The maximum Gasteiger partial charge on any atom is 0.342 e. The molecule has 0 heterocycles. The molecule has 5 heteroatoms. The molecule has 1 aromatic rings. The summed E-state index contributed by atoms with van der Waals surface area (Å²) >= 11 is 0. The molecule has 3 nitrogen and oxygen atoms in total. The number of halogens is 2. The van der Waals surface area contributed by atoms with Gasteiger partial charge in [-0.3, -0.25) is 0 Å². The molecule has 0 saturated heterocycles. The second-order valence-electron chi connectivity index (χ2n) is 3.42. The van der Waals surface area contributed by atoms with Gasteiger partial charge in [-0.2, -0.15) is 0 Å². The van der Waals surface area contributed by atoms with E-state index in [0.29, 0.717) is 0 Å². The third kappa shape index (κ3) is 2.36. The summed E-state index contributed by atoms with van der Waals surface area (Å²) in [6.45, 7) is 2.84. The highest BCUT2D eigenvalue weighted by molar-refractivity contribution is 5.80. The van der Waals surface area contributed by atoms with E-state index < -0.39 is 23.2 Å². The van der Waals surface area contributed by atoms with Crippen LogP contribution in [-0.2, 0) is 15.1 Å². The summed E-state index contributed by atoms with van der Waals surface area (Å²) in [7, 11) is 0. The molecule has 0 aromatic heterocycles. The highest BCUT2D eigenvalue weighted by Crippen LogP contribution is 2.23. The van der Waals surface area contributed by atoms with Gasteiger partial charge >= 0.3 is 5.97 Å². The van der Waals surface area contributed by atoms with Crippen LogP contribution in [0.15, 0.2) is 18.2 Å². The number of hydrogen-bond donors (Lipinski definition) is 1. The van der Waals surface area contributed by atoms with Gasteiger partial charge in [0.1, 0.15) is 0 Å². The van der Waals surface area contributed by atoms with Crippen molar-refractivity contribution in [3.05, 3.63) is 35.4 Å². The fourth-order valence-corrected chi connectivity index (χ4v) is 1.19. The van der Waals surface area contributed by atoms with Crippen molar-refractivity contribution in [2.45, 2.75) is 19.4 Å². The molecule has 1 aromatic carbocycles. The lowest BCUT2D eigenvalue weighted by Crippen LogP contribution is -2.34. The van der Waals surface area contributed by atoms with E-state index >= 15 is 0 Å². The van der Waals surface area contributed by atoms with Gasteiger partial charge in [-0.15, -0.1) is 0 Å². The van der Waals surface area contributed by atoms with E-state index in [4.69, 9.17) is 0 Å². The van der Waals surface area contributed by atoms with Gasteiger partial charge in [0.05, 0.1) is 6.61 Å². The van der Waals surface area contributed by atoms with Gasteiger partial charge in [0, 0.05) is 0 Å². The molecule has 0 unspecified atom stereocenters. The fourth-order valence-electron chi connectivity index (χ4n) is 1.19. The molecule has 88 valence electrons. The van der Waals surface area contributed by atoms with Crippen molar-refractivity contribution in [1.29, 1.82) is 0 Å². The zero-order chi connectivity index (χ0) is 12.3. The normalized spacial score (nSPS) is 14.3. The Bertz CT molecular complexity index is 402. The number of aliphatic hydroxyl groups is 1. The highest BCUT2D eigenvalue weighted by Gasteiger charge is 2.34. The molecular formula is C11H12F2O3. The second kappa shape index (κ2) is 4.57. The molecular weight excluding hydrogens is 218 g/mol. The fraction of sp³-hybridized carbons (Fsp3) is 0.364. The molecule has 1 N–H and O–H groups in total. The van der Waals surface area contributed by atoms with Crippen molar-refractivity contribution in [2.75, 3.05) is 6.61 Å². The lowest BCUT2D eigenvalue weighted by atomic mass is 9.96. The Kier molecular flexibility index (Phi) is 3.59. The Morgan fingerprint density at radius 3 is 2.56 bits per heavy atom. The van der Waals surface area contributed by atoms with Gasteiger partial charge in [-0.05, 0) is 31.5 Å². The third-order valence-corrected chi connectivity index (χ3v) is 2.15. The molecule has 0 amide bonds. The van der Waals surface area contributed by atoms with Crippen LogP contribution in [0.5, 0.6) is 0 Å². The van der Waals surface area contributed by atoms with E-state index in [9.17, 15) is 18.7 Å². The van der Waals surface area contributed by atoms with Crippen LogP contribution in [0, 0.1) is 11.6 Å². The van der Waals surface area contributed by atoms with Crippen molar-refractivity contribution in [1.82, 2.24) is 0 Å². The van der Waals surface area contributed by atoms with Crippen LogP contribution in [0.25, 0.3) is 0 Å². The Labute approximate surface area is 91.7 Å². The molecule has 0 aliphatic rings. The van der Waals surface area contributed by atoms with Crippen LogP contribution in [-0.4, -0.2) is 17.7 Å². The zero-order valence-corrected chi connectivity index (χ0v) is 8.96. The van der Waals surface area contributed by atoms with Crippen LogP contribution in [0.4, 0.5) is 8.78 Å². The SMILES string of the molecule is CCOC(=O)[C@](C)(O)c1ccc(F)c(F)c1. The summed E-state index contributed by atoms with van der Waals surface area (Å²) in [5.41, 5.74) is -2.03. The third-order valence-electron chi connectivity index (χ3n) is 2.15. The zero-order valence-electron chi connectivity index (χ0n) is 8.96. The molecule has 0 radical (unpaired) electrons. The van der Waals surface area contributed by atoms with E-state index in [1.54, 1.807) is 6.92 Å². The number of rotatable bonds is 3. The van der Waals surface area contributed by atoms with Gasteiger partial charge in [0.15, 0.2) is 17.2 Å². The average Bonchev–Trinajstić information content (AvgIpc) is 2.22. The summed E-state index contributed by atoms with van der Waals surface area (Å²) < 4.78 is 30.2. The quantitative estimate of drug-likeness (QED) is 0.804. The summed E-state index contributed by atoms with van der Waals surface area (Å²) in [4.78, 5) is 11.4. The molecule has 0 fully saturated rings.